The average molecular weight is 247 g/mol. The Morgan fingerprint density at radius 3 is 2.56 bits per heavy atom. The van der Waals surface area contributed by atoms with Gasteiger partial charge >= 0.3 is 0 Å². The molecule has 0 atom stereocenters. The fourth-order valence-corrected chi connectivity index (χ4v) is 2.12. The summed E-state index contributed by atoms with van der Waals surface area (Å²) in [5, 5.41) is 16.2. The highest BCUT2D eigenvalue weighted by Crippen LogP contribution is 2.32. The Morgan fingerprint density at radius 1 is 1.39 bits per heavy atom. The standard InChI is InChI=1S/C13H21N5/c1-4-18(7-10-5-6-10)13-11(12(14)15)8(2)9(3)16-17-13/h10H,4-7H2,1-3H3,(H3,14,15). The van der Waals surface area contributed by atoms with Gasteiger partial charge in [0.15, 0.2) is 5.82 Å². The van der Waals surface area contributed by atoms with Crippen LogP contribution >= 0.6 is 0 Å². The van der Waals surface area contributed by atoms with E-state index >= 15 is 0 Å². The zero-order chi connectivity index (χ0) is 13.3. The predicted octanol–water partition coefficient (Wildman–Crippen LogP) is 1.61. The molecule has 1 saturated carbocycles. The number of aromatic nitrogens is 2. The van der Waals surface area contributed by atoms with E-state index in [1.54, 1.807) is 0 Å². The first-order valence-corrected chi connectivity index (χ1v) is 6.47. The van der Waals surface area contributed by atoms with Gasteiger partial charge in [0.25, 0.3) is 0 Å². The zero-order valence-corrected chi connectivity index (χ0v) is 11.3. The molecule has 98 valence electrons. The Kier molecular flexibility index (Phi) is 3.50. The smallest absolute Gasteiger partial charge is 0.162 e. The molecule has 5 nitrogen and oxygen atoms in total. The van der Waals surface area contributed by atoms with Gasteiger partial charge in [-0.25, -0.2) is 0 Å². The Balaban J connectivity index is 2.40. The van der Waals surface area contributed by atoms with Crippen LogP contribution in [-0.2, 0) is 0 Å². The van der Waals surface area contributed by atoms with Gasteiger partial charge in [-0.2, -0.15) is 5.10 Å². The summed E-state index contributed by atoms with van der Waals surface area (Å²) in [6.07, 6.45) is 2.59. The van der Waals surface area contributed by atoms with Crippen molar-refractivity contribution in [1.82, 2.24) is 10.2 Å². The van der Waals surface area contributed by atoms with Gasteiger partial charge in [-0.3, -0.25) is 5.41 Å². The summed E-state index contributed by atoms with van der Waals surface area (Å²) in [5.41, 5.74) is 8.25. The summed E-state index contributed by atoms with van der Waals surface area (Å²) in [6, 6.07) is 0. The second kappa shape index (κ2) is 4.92. The van der Waals surface area contributed by atoms with Crippen LogP contribution in [-0.4, -0.2) is 29.1 Å². The van der Waals surface area contributed by atoms with Crippen molar-refractivity contribution in [2.75, 3.05) is 18.0 Å². The summed E-state index contributed by atoms with van der Waals surface area (Å²) < 4.78 is 0. The molecule has 1 heterocycles. The van der Waals surface area contributed by atoms with Gasteiger partial charge in [-0.1, -0.05) is 0 Å². The van der Waals surface area contributed by atoms with Crippen LogP contribution in [0.4, 0.5) is 5.82 Å². The molecule has 3 N–H and O–H groups in total. The molecule has 18 heavy (non-hydrogen) atoms. The molecule has 0 aromatic carbocycles. The number of nitrogen functional groups attached to an aromatic ring is 1. The third kappa shape index (κ3) is 2.44. The molecule has 0 bridgehead atoms. The van der Waals surface area contributed by atoms with E-state index in [1.807, 2.05) is 13.8 Å². The van der Waals surface area contributed by atoms with Crippen molar-refractivity contribution in [2.24, 2.45) is 11.7 Å². The van der Waals surface area contributed by atoms with Crippen LogP contribution in [0.5, 0.6) is 0 Å². The quantitative estimate of drug-likeness (QED) is 0.612. The molecule has 0 amide bonds. The third-order valence-corrected chi connectivity index (χ3v) is 3.56. The van der Waals surface area contributed by atoms with E-state index < -0.39 is 0 Å². The molecule has 1 aromatic heterocycles. The van der Waals surface area contributed by atoms with Crippen molar-refractivity contribution in [3.05, 3.63) is 16.8 Å². The summed E-state index contributed by atoms with van der Waals surface area (Å²) in [7, 11) is 0. The molecule has 0 radical (unpaired) electrons. The van der Waals surface area contributed by atoms with E-state index in [1.165, 1.54) is 12.8 Å². The van der Waals surface area contributed by atoms with Crippen molar-refractivity contribution < 1.29 is 0 Å². The molecule has 1 aliphatic carbocycles. The summed E-state index contributed by atoms with van der Waals surface area (Å²) >= 11 is 0. The van der Waals surface area contributed by atoms with Crippen molar-refractivity contribution in [3.8, 4) is 0 Å². The van der Waals surface area contributed by atoms with Crippen LogP contribution in [0.15, 0.2) is 0 Å². The number of hydrogen-bond donors (Lipinski definition) is 2. The largest absolute Gasteiger partial charge is 0.384 e. The van der Waals surface area contributed by atoms with Gasteiger partial charge in [0, 0.05) is 13.1 Å². The molecule has 5 heteroatoms. The minimum absolute atomic E-state index is 0.0785. The van der Waals surface area contributed by atoms with Crippen molar-refractivity contribution >= 4 is 11.7 Å². The van der Waals surface area contributed by atoms with Crippen molar-refractivity contribution in [1.29, 1.82) is 5.41 Å². The van der Waals surface area contributed by atoms with Crippen molar-refractivity contribution in [2.45, 2.75) is 33.6 Å². The molecule has 1 aromatic rings. The van der Waals surface area contributed by atoms with E-state index in [4.69, 9.17) is 11.1 Å². The van der Waals surface area contributed by atoms with Gasteiger partial charge in [0.2, 0.25) is 0 Å². The van der Waals surface area contributed by atoms with Crippen LogP contribution in [0.3, 0.4) is 0 Å². The molecular formula is C13H21N5. The lowest BCUT2D eigenvalue weighted by Crippen LogP contribution is -2.30. The maximum atomic E-state index is 7.76. The molecule has 1 aliphatic rings. The van der Waals surface area contributed by atoms with Gasteiger partial charge < -0.3 is 10.6 Å². The van der Waals surface area contributed by atoms with E-state index in [9.17, 15) is 0 Å². The van der Waals surface area contributed by atoms with E-state index in [0.29, 0.717) is 0 Å². The fraction of sp³-hybridized carbons (Fsp3) is 0.615. The molecule has 1 fully saturated rings. The molecule has 0 aliphatic heterocycles. The normalized spacial score (nSPS) is 14.6. The highest BCUT2D eigenvalue weighted by Gasteiger charge is 2.26. The van der Waals surface area contributed by atoms with Crippen LogP contribution in [0.25, 0.3) is 0 Å². The number of nitrogens with zero attached hydrogens (tertiary/aromatic N) is 3. The maximum absolute atomic E-state index is 7.76. The number of rotatable bonds is 5. The summed E-state index contributed by atoms with van der Waals surface area (Å²) in [5.74, 6) is 1.61. The Labute approximate surface area is 108 Å². The lowest BCUT2D eigenvalue weighted by atomic mass is 10.1. The number of aryl methyl sites for hydroxylation is 1. The molecule has 0 unspecified atom stereocenters. The Bertz CT molecular complexity index is 465. The second-order valence-corrected chi connectivity index (χ2v) is 5.00. The highest BCUT2D eigenvalue weighted by molar-refractivity contribution is 6.01. The molecule has 2 rings (SSSR count). The predicted molar refractivity (Wildman–Crippen MR) is 73.1 cm³/mol. The van der Waals surface area contributed by atoms with Gasteiger partial charge in [0.05, 0.1) is 11.3 Å². The SMILES string of the molecule is CCN(CC1CC1)c1nnc(C)c(C)c1C(=N)N. The lowest BCUT2D eigenvalue weighted by molar-refractivity contribution is 0.720. The first-order chi connectivity index (χ1) is 8.54. The fourth-order valence-electron chi connectivity index (χ4n) is 2.12. The number of amidine groups is 1. The second-order valence-electron chi connectivity index (χ2n) is 5.00. The molecule has 0 spiro atoms. The first kappa shape index (κ1) is 12.8. The Morgan fingerprint density at radius 2 is 2.06 bits per heavy atom. The monoisotopic (exact) mass is 247 g/mol. The van der Waals surface area contributed by atoms with Crippen molar-refractivity contribution in [3.63, 3.8) is 0 Å². The summed E-state index contributed by atoms with van der Waals surface area (Å²) in [6.45, 7) is 7.82. The lowest BCUT2D eigenvalue weighted by Gasteiger charge is -2.24. The molecule has 0 saturated heterocycles. The van der Waals surface area contributed by atoms with Crippen LogP contribution < -0.4 is 10.6 Å². The van der Waals surface area contributed by atoms with E-state index in [0.717, 1.165) is 41.6 Å². The number of nitrogens with two attached hydrogens (primary N) is 1. The maximum Gasteiger partial charge on any atom is 0.162 e. The first-order valence-electron chi connectivity index (χ1n) is 6.47. The third-order valence-electron chi connectivity index (χ3n) is 3.56. The van der Waals surface area contributed by atoms with E-state index in [2.05, 4.69) is 22.0 Å². The number of hydrogen-bond acceptors (Lipinski definition) is 4. The van der Waals surface area contributed by atoms with E-state index in [-0.39, 0.29) is 5.84 Å². The number of nitrogens with one attached hydrogen (secondary N) is 1. The Hall–Kier alpha value is -1.65. The number of anilines is 1. The van der Waals surface area contributed by atoms with Gasteiger partial charge in [-0.15, -0.1) is 5.10 Å². The summed E-state index contributed by atoms with van der Waals surface area (Å²) in [4.78, 5) is 2.19. The van der Waals surface area contributed by atoms with Crippen LogP contribution in [0, 0.1) is 25.2 Å². The minimum atomic E-state index is 0.0785. The average Bonchev–Trinajstić information content (AvgIpc) is 3.13. The minimum Gasteiger partial charge on any atom is -0.384 e. The van der Waals surface area contributed by atoms with Gasteiger partial charge in [0.1, 0.15) is 5.84 Å². The highest BCUT2D eigenvalue weighted by atomic mass is 15.3. The van der Waals surface area contributed by atoms with Gasteiger partial charge in [-0.05, 0) is 45.1 Å². The zero-order valence-electron chi connectivity index (χ0n) is 11.3. The topological polar surface area (TPSA) is 78.9 Å². The van der Waals surface area contributed by atoms with Crippen LogP contribution in [0.1, 0.15) is 36.6 Å². The molecular weight excluding hydrogens is 226 g/mol. The van der Waals surface area contributed by atoms with Crippen LogP contribution in [0.2, 0.25) is 0 Å².